The molecule has 2 aromatic carbocycles. The smallest absolute Gasteiger partial charge is 0.313 e. The fraction of sp³-hybridized carbons (Fsp3) is 0.118. The van der Waals surface area contributed by atoms with Crippen LogP contribution >= 0.6 is 0 Å². The van der Waals surface area contributed by atoms with E-state index in [1.54, 1.807) is 43.5 Å². The van der Waals surface area contributed by atoms with Gasteiger partial charge >= 0.3 is 6.43 Å². The van der Waals surface area contributed by atoms with Gasteiger partial charge in [0.15, 0.2) is 5.76 Å². The lowest BCUT2D eigenvalue weighted by Crippen LogP contribution is -1.86. The molecule has 1 heterocycles. The monoisotopic (exact) mass is 317 g/mol. The van der Waals surface area contributed by atoms with Gasteiger partial charge in [-0.2, -0.15) is 8.78 Å². The van der Waals surface area contributed by atoms with Crippen LogP contribution < -0.4 is 4.74 Å². The average molecular weight is 317 g/mol. The SMILES string of the molecule is COc1ccc(-c2nc(C(F)F)oc2-c2ccc(O)cc2)cc1. The van der Waals surface area contributed by atoms with Gasteiger partial charge in [-0.05, 0) is 48.5 Å². The lowest BCUT2D eigenvalue weighted by Gasteiger charge is -2.03. The van der Waals surface area contributed by atoms with Crippen LogP contribution in [0.1, 0.15) is 12.3 Å². The number of hydrogen-bond acceptors (Lipinski definition) is 4. The molecule has 0 bridgehead atoms. The number of rotatable bonds is 4. The van der Waals surface area contributed by atoms with Crippen molar-refractivity contribution in [2.24, 2.45) is 0 Å². The van der Waals surface area contributed by atoms with E-state index in [1.807, 2.05) is 0 Å². The van der Waals surface area contributed by atoms with Crippen LogP contribution in [0.25, 0.3) is 22.6 Å². The summed E-state index contributed by atoms with van der Waals surface area (Å²) < 4.78 is 36.2. The lowest BCUT2D eigenvalue weighted by molar-refractivity contribution is 0.116. The van der Waals surface area contributed by atoms with E-state index in [1.165, 1.54) is 12.1 Å². The van der Waals surface area contributed by atoms with Gasteiger partial charge in [-0.3, -0.25) is 0 Å². The third kappa shape index (κ3) is 3.01. The van der Waals surface area contributed by atoms with Crippen molar-refractivity contribution in [3.63, 3.8) is 0 Å². The van der Waals surface area contributed by atoms with Gasteiger partial charge in [0.25, 0.3) is 5.89 Å². The zero-order valence-corrected chi connectivity index (χ0v) is 12.2. The highest BCUT2D eigenvalue weighted by Gasteiger charge is 2.22. The number of halogens is 2. The molecule has 0 aliphatic rings. The number of ether oxygens (including phenoxy) is 1. The Bertz CT molecular complexity index is 796. The second-order valence-corrected chi connectivity index (χ2v) is 4.81. The third-order valence-electron chi connectivity index (χ3n) is 3.32. The van der Waals surface area contributed by atoms with Gasteiger partial charge < -0.3 is 14.3 Å². The molecule has 0 aliphatic carbocycles. The lowest BCUT2D eigenvalue weighted by atomic mass is 10.1. The van der Waals surface area contributed by atoms with Crippen LogP contribution in [0.4, 0.5) is 8.78 Å². The summed E-state index contributed by atoms with van der Waals surface area (Å²) in [6, 6.07) is 12.9. The summed E-state index contributed by atoms with van der Waals surface area (Å²) in [6.45, 7) is 0. The summed E-state index contributed by atoms with van der Waals surface area (Å²) in [5, 5.41) is 9.36. The summed E-state index contributed by atoms with van der Waals surface area (Å²) in [4.78, 5) is 3.91. The Kier molecular flexibility index (Phi) is 3.97. The number of benzene rings is 2. The van der Waals surface area contributed by atoms with Crippen LogP contribution in [0.15, 0.2) is 52.9 Å². The number of hydrogen-bond donors (Lipinski definition) is 1. The molecule has 0 fully saturated rings. The van der Waals surface area contributed by atoms with Crippen LogP contribution in [0.5, 0.6) is 11.5 Å². The molecule has 6 heteroatoms. The van der Waals surface area contributed by atoms with Gasteiger partial charge in [0, 0.05) is 11.1 Å². The largest absolute Gasteiger partial charge is 0.508 e. The standard InChI is InChI=1S/C17H13F2NO3/c1-22-13-8-4-10(5-9-13)14-15(23-17(20-14)16(18)19)11-2-6-12(21)7-3-11/h2-9,16,21H,1H3. The number of phenolic OH excluding ortho intramolecular Hbond substituents is 1. The van der Waals surface area contributed by atoms with Gasteiger partial charge in [0.05, 0.1) is 7.11 Å². The van der Waals surface area contributed by atoms with E-state index in [9.17, 15) is 13.9 Å². The zero-order chi connectivity index (χ0) is 16.4. The molecule has 1 aromatic heterocycles. The number of phenols is 1. The Morgan fingerprint density at radius 3 is 2.17 bits per heavy atom. The van der Waals surface area contributed by atoms with Crippen LogP contribution in [0.3, 0.4) is 0 Å². The van der Waals surface area contributed by atoms with Crippen LogP contribution in [0, 0.1) is 0 Å². The van der Waals surface area contributed by atoms with Gasteiger partial charge in [-0.15, -0.1) is 0 Å². The number of alkyl halides is 2. The van der Waals surface area contributed by atoms with Crippen molar-refractivity contribution in [2.45, 2.75) is 6.43 Å². The molecule has 0 spiro atoms. The minimum absolute atomic E-state index is 0.0772. The first kappa shape index (κ1) is 15.0. The summed E-state index contributed by atoms with van der Waals surface area (Å²) in [5.41, 5.74) is 1.49. The minimum Gasteiger partial charge on any atom is -0.508 e. The van der Waals surface area contributed by atoms with Crippen molar-refractivity contribution in [1.82, 2.24) is 4.98 Å². The van der Waals surface area contributed by atoms with Gasteiger partial charge in [0.2, 0.25) is 0 Å². The Hall–Kier alpha value is -2.89. The molecular weight excluding hydrogens is 304 g/mol. The normalized spacial score (nSPS) is 11.0. The quantitative estimate of drug-likeness (QED) is 0.760. The maximum Gasteiger partial charge on any atom is 0.313 e. The van der Waals surface area contributed by atoms with Gasteiger partial charge in [0.1, 0.15) is 17.2 Å². The molecule has 1 N–H and O–H groups in total. The minimum atomic E-state index is -2.81. The molecule has 0 saturated carbocycles. The predicted molar refractivity (Wildman–Crippen MR) is 80.5 cm³/mol. The Morgan fingerprint density at radius 1 is 1.00 bits per heavy atom. The second-order valence-electron chi connectivity index (χ2n) is 4.81. The number of aromatic nitrogens is 1. The van der Waals surface area contributed by atoms with E-state index in [0.29, 0.717) is 22.6 Å². The van der Waals surface area contributed by atoms with Crippen LogP contribution in [-0.4, -0.2) is 17.2 Å². The fourth-order valence-corrected chi connectivity index (χ4v) is 2.18. The Morgan fingerprint density at radius 2 is 1.61 bits per heavy atom. The third-order valence-corrected chi connectivity index (χ3v) is 3.32. The van der Waals surface area contributed by atoms with Crippen molar-refractivity contribution in [1.29, 1.82) is 0 Å². The first-order valence-electron chi connectivity index (χ1n) is 6.81. The van der Waals surface area contributed by atoms with E-state index >= 15 is 0 Å². The predicted octanol–water partition coefficient (Wildman–Crippen LogP) is 4.66. The molecular formula is C17H13F2NO3. The van der Waals surface area contributed by atoms with E-state index in [0.717, 1.165) is 0 Å². The first-order chi connectivity index (χ1) is 11.1. The molecule has 0 amide bonds. The van der Waals surface area contributed by atoms with E-state index < -0.39 is 12.3 Å². The highest BCUT2D eigenvalue weighted by atomic mass is 19.3. The molecule has 4 nitrogen and oxygen atoms in total. The summed E-state index contributed by atoms with van der Waals surface area (Å²) in [7, 11) is 1.54. The van der Waals surface area contributed by atoms with Crippen LogP contribution in [-0.2, 0) is 0 Å². The first-order valence-corrected chi connectivity index (χ1v) is 6.81. The molecule has 0 radical (unpaired) electrons. The number of nitrogens with zero attached hydrogens (tertiary/aromatic N) is 1. The molecule has 0 unspecified atom stereocenters. The number of aromatic hydroxyl groups is 1. The summed E-state index contributed by atoms with van der Waals surface area (Å²) in [5.74, 6) is 0.315. The highest BCUT2D eigenvalue weighted by molar-refractivity contribution is 5.77. The Labute approximate surface area is 131 Å². The van der Waals surface area contributed by atoms with Crippen molar-refractivity contribution in [3.8, 4) is 34.1 Å². The van der Waals surface area contributed by atoms with Crippen molar-refractivity contribution >= 4 is 0 Å². The number of methoxy groups -OCH3 is 1. The molecule has 0 aliphatic heterocycles. The average Bonchev–Trinajstić information content (AvgIpc) is 3.01. The van der Waals surface area contributed by atoms with Crippen molar-refractivity contribution < 1.29 is 23.0 Å². The second kappa shape index (κ2) is 6.08. The van der Waals surface area contributed by atoms with Crippen molar-refractivity contribution in [3.05, 3.63) is 54.4 Å². The topological polar surface area (TPSA) is 55.5 Å². The molecule has 118 valence electrons. The molecule has 3 aromatic rings. The van der Waals surface area contributed by atoms with E-state index in [-0.39, 0.29) is 11.5 Å². The molecule has 23 heavy (non-hydrogen) atoms. The molecule has 0 atom stereocenters. The van der Waals surface area contributed by atoms with E-state index in [4.69, 9.17) is 9.15 Å². The van der Waals surface area contributed by atoms with Crippen LogP contribution in [0.2, 0.25) is 0 Å². The van der Waals surface area contributed by atoms with Crippen molar-refractivity contribution in [2.75, 3.05) is 7.11 Å². The molecule has 0 saturated heterocycles. The zero-order valence-electron chi connectivity index (χ0n) is 12.2. The number of oxazole rings is 1. The maximum absolute atomic E-state index is 13.0. The Balaban J connectivity index is 2.12. The highest BCUT2D eigenvalue weighted by Crippen LogP contribution is 2.36. The molecule has 3 rings (SSSR count). The summed E-state index contributed by atoms with van der Waals surface area (Å²) >= 11 is 0. The van der Waals surface area contributed by atoms with E-state index in [2.05, 4.69) is 4.98 Å². The summed E-state index contributed by atoms with van der Waals surface area (Å²) in [6.07, 6.45) is -2.81. The maximum atomic E-state index is 13.0. The fourth-order valence-electron chi connectivity index (χ4n) is 2.18. The van der Waals surface area contributed by atoms with Gasteiger partial charge in [-0.1, -0.05) is 0 Å². The van der Waals surface area contributed by atoms with Gasteiger partial charge in [-0.25, -0.2) is 4.98 Å².